The monoisotopic (exact) mass is 295 g/mol. The Bertz CT molecular complexity index is 646. The number of anilines is 1. The van der Waals surface area contributed by atoms with Crippen molar-refractivity contribution in [2.75, 3.05) is 5.32 Å². The summed E-state index contributed by atoms with van der Waals surface area (Å²) in [6, 6.07) is 3.73. The highest BCUT2D eigenvalue weighted by atomic mass is 35.5. The number of benzene rings is 1. The summed E-state index contributed by atoms with van der Waals surface area (Å²) in [4.78, 5) is 12.1. The van der Waals surface area contributed by atoms with Gasteiger partial charge in [0.25, 0.3) is 5.91 Å². The van der Waals surface area contributed by atoms with E-state index in [2.05, 4.69) is 10.4 Å². The second-order valence-electron chi connectivity index (χ2n) is 4.51. The zero-order valence-corrected chi connectivity index (χ0v) is 12.3. The zero-order chi connectivity index (χ0) is 14.9. The van der Waals surface area contributed by atoms with Gasteiger partial charge in [-0.1, -0.05) is 18.5 Å². The third kappa shape index (κ3) is 2.82. The van der Waals surface area contributed by atoms with E-state index in [1.54, 1.807) is 11.7 Å². The fourth-order valence-corrected chi connectivity index (χ4v) is 2.28. The number of halogens is 2. The van der Waals surface area contributed by atoms with Crippen LogP contribution in [0.15, 0.2) is 18.2 Å². The van der Waals surface area contributed by atoms with Gasteiger partial charge in [0.15, 0.2) is 0 Å². The fraction of sp³-hybridized carbons (Fsp3) is 0.286. The number of rotatable bonds is 3. The van der Waals surface area contributed by atoms with E-state index in [1.165, 1.54) is 6.07 Å². The second-order valence-corrected chi connectivity index (χ2v) is 4.95. The van der Waals surface area contributed by atoms with Gasteiger partial charge in [0, 0.05) is 23.2 Å². The lowest BCUT2D eigenvalue weighted by Gasteiger charge is -2.07. The van der Waals surface area contributed by atoms with Gasteiger partial charge in [-0.2, -0.15) is 5.10 Å². The average molecular weight is 296 g/mol. The van der Waals surface area contributed by atoms with Crippen molar-refractivity contribution in [1.82, 2.24) is 9.78 Å². The average Bonchev–Trinajstić information content (AvgIpc) is 2.65. The molecule has 1 aromatic heterocycles. The largest absolute Gasteiger partial charge is 0.307 e. The smallest absolute Gasteiger partial charge is 0.256 e. The Balaban J connectivity index is 2.30. The van der Waals surface area contributed by atoms with Gasteiger partial charge < -0.3 is 5.32 Å². The summed E-state index contributed by atoms with van der Waals surface area (Å²) in [5.41, 5.74) is 2.00. The molecule has 1 aromatic carbocycles. The summed E-state index contributed by atoms with van der Waals surface area (Å²) in [5.74, 6) is -0.356. The van der Waals surface area contributed by atoms with Gasteiger partial charge in [-0.25, -0.2) is 4.39 Å². The van der Waals surface area contributed by atoms with E-state index in [1.807, 2.05) is 13.8 Å². The Labute approximate surface area is 121 Å². The Morgan fingerprint density at radius 3 is 2.70 bits per heavy atom. The lowest BCUT2D eigenvalue weighted by molar-refractivity contribution is 0.102. The molecule has 2 aromatic rings. The molecular weight excluding hydrogens is 281 g/mol. The van der Waals surface area contributed by atoms with E-state index in [0.29, 0.717) is 5.82 Å². The molecule has 1 amide bonds. The standard InChI is InChI=1S/C14H15ClFN3O/c1-4-12-8(2)13(19(3)18-12)17-14(20)9-5-10(15)7-11(16)6-9/h5-7H,4H2,1-3H3,(H,17,20). The topological polar surface area (TPSA) is 46.9 Å². The van der Waals surface area contributed by atoms with Crippen molar-refractivity contribution in [1.29, 1.82) is 0 Å². The molecule has 1 heterocycles. The summed E-state index contributed by atoms with van der Waals surface area (Å²) in [5, 5.41) is 7.24. The van der Waals surface area contributed by atoms with Crippen LogP contribution in [0.3, 0.4) is 0 Å². The molecule has 0 fully saturated rings. The Kier molecular flexibility index (Phi) is 4.09. The van der Waals surface area contributed by atoms with Crippen molar-refractivity contribution >= 4 is 23.3 Å². The van der Waals surface area contributed by atoms with Crippen molar-refractivity contribution in [3.63, 3.8) is 0 Å². The number of carbonyl (C=O) groups excluding carboxylic acids is 1. The van der Waals surface area contributed by atoms with Gasteiger partial charge in [-0.05, 0) is 31.5 Å². The van der Waals surface area contributed by atoms with Crippen LogP contribution in [0.2, 0.25) is 5.02 Å². The summed E-state index contributed by atoms with van der Waals surface area (Å²) >= 11 is 5.75. The maximum absolute atomic E-state index is 13.3. The quantitative estimate of drug-likeness (QED) is 0.944. The third-order valence-electron chi connectivity index (χ3n) is 3.07. The predicted octanol–water partition coefficient (Wildman–Crippen LogP) is 3.34. The zero-order valence-electron chi connectivity index (χ0n) is 11.5. The molecule has 20 heavy (non-hydrogen) atoms. The highest BCUT2D eigenvalue weighted by Gasteiger charge is 2.15. The molecule has 0 aliphatic carbocycles. The van der Waals surface area contributed by atoms with E-state index >= 15 is 0 Å². The highest BCUT2D eigenvalue weighted by molar-refractivity contribution is 6.31. The van der Waals surface area contributed by atoms with E-state index in [9.17, 15) is 9.18 Å². The van der Waals surface area contributed by atoms with Gasteiger partial charge in [0.2, 0.25) is 0 Å². The summed E-state index contributed by atoms with van der Waals surface area (Å²) in [6.45, 7) is 3.88. The molecule has 0 unspecified atom stereocenters. The first-order valence-electron chi connectivity index (χ1n) is 6.22. The van der Waals surface area contributed by atoms with E-state index in [0.717, 1.165) is 29.8 Å². The lowest BCUT2D eigenvalue weighted by Crippen LogP contribution is -2.15. The van der Waals surface area contributed by atoms with Crippen LogP contribution in [-0.4, -0.2) is 15.7 Å². The molecule has 0 spiro atoms. The van der Waals surface area contributed by atoms with Crippen LogP contribution in [0.5, 0.6) is 0 Å². The van der Waals surface area contributed by atoms with Crippen LogP contribution in [0.4, 0.5) is 10.2 Å². The van der Waals surface area contributed by atoms with Crippen LogP contribution in [-0.2, 0) is 13.5 Å². The molecule has 0 aliphatic rings. The lowest BCUT2D eigenvalue weighted by atomic mass is 10.2. The summed E-state index contributed by atoms with van der Waals surface area (Å²) in [7, 11) is 1.75. The SMILES string of the molecule is CCc1nn(C)c(NC(=O)c2cc(F)cc(Cl)c2)c1C. The molecule has 6 heteroatoms. The van der Waals surface area contributed by atoms with Crippen molar-refractivity contribution < 1.29 is 9.18 Å². The molecule has 4 nitrogen and oxygen atoms in total. The van der Waals surface area contributed by atoms with Crippen LogP contribution in [0.25, 0.3) is 0 Å². The molecule has 2 rings (SSSR count). The Hall–Kier alpha value is -1.88. The summed E-state index contributed by atoms with van der Waals surface area (Å²) < 4.78 is 14.9. The normalized spacial score (nSPS) is 10.7. The van der Waals surface area contributed by atoms with Crippen LogP contribution in [0.1, 0.15) is 28.5 Å². The Morgan fingerprint density at radius 1 is 1.45 bits per heavy atom. The van der Waals surface area contributed by atoms with E-state index < -0.39 is 11.7 Å². The number of amides is 1. The molecule has 0 saturated carbocycles. The first-order valence-corrected chi connectivity index (χ1v) is 6.60. The molecule has 1 N–H and O–H groups in total. The maximum Gasteiger partial charge on any atom is 0.256 e. The van der Waals surface area contributed by atoms with Crippen LogP contribution >= 0.6 is 11.6 Å². The molecule has 0 aliphatic heterocycles. The van der Waals surface area contributed by atoms with Crippen molar-refractivity contribution in [2.24, 2.45) is 7.05 Å². The van der Waals surface area contributed by atoms with Gasteiger partial charge >= 0.3 is 0 Å². The number of nitrogens with zero attached hydrogens (tertiary/aromatic N) is 2. The number of carbonyl (C=O) groups is 1. The number of nitrogens with one attached hydrogen (secondary N) is 1. The van der Waals surface area contributed by atoms with Crippen LogP contribution < -0.4 is 5.32 Å². The molecule has 106 valence electrons. The van der Waals surface area contributed by atoms with Gasteiger partial charge in [0.1, 0.15) is 11.6 Å². The van der Waals surface area contributed by atoms with E-state index in [-0.39, 0.29) is 10.6 Å². The molecule has 0 radical (unpaired) electrons. The van der Waals surface area contributed by atoms with Crippen molar-refractivity contribution in [2.45, 2.75) is 20.3 Å². The number of hydrogen-bond donors (Lipinski definition) is 1. The Morgan fingerprint density at radius 2 is 2.15 bits per heavy atom. The van der Waals surface area contributed by atoms with Gasteiger partial charge in [-0.3, -0.25) is 9.48 Å². The minimum Gasteiger partial charge on any atom is -0.307 e. The first kappa shape index (κ1) is 14.5. The summed E-state index contributed by atoms with van der Waals surface area (Å²) in [6.07, 6.45) is 0.779. The highest BCUT2D eigenvalue weighted by Crippen LogP contribution is 2.20. The second kappa shape index (κ2) is 5.63. The minimum absolute atomic E-state index is 0.175. The van der Waals surface area contributed by atoms with Crippen molar-refractivity contribution in [3.8, 4) is 0 Å². The molecule has 0 saturated heterocycles. The maximum atomic E-state index is 13.3. The minimum atomic E-state index is -0.543. The van der Waals surface area contributed by atoms with Gasteiger partial charge in [-0.15, -0.1) is 0 Å². The first-order chi connectivity index (χ1) is 9.42. The number of aromatic nitrogens is 2. The van der Waals surface area contributed by atoms with E-state index in [4.69, 9.17) is 11.6 Å². The molecular formula is C14H15ClFN3O. The predicted molar refractivity (Wildman–Crippen MR) is 76.7 cm³/mol. The number of aryl methyl sites for hydroxylation is 2. The molecule has 0 atom stereocenters. The molecule has 0 bridgehead atoms. The van der Waals surface area contributed by atoms with Gasteiger partial charge in [0.05, 0.1) is 5.69 Å². The fourth-order valence-electron chi connectivity index (χ4n) is 2.06. The van der Waals surface area contributed by atoms with Crippen molar-refractivity contribution in [3.05, 3.63) is 45.9 Å². The number of hydrogen-bond acceptors (Lipinski definition) is 2. The third-order valence-corrected chi connectivity index (χ3v) is 3.29. The van der Waals surface area contributed by atoms with Crippen LogP contribution in [0, 0.1) is 12.7 Å².